The van der Waals surface area contributed by atoms with Crippen LogP contribution in [0, 0.1) is 12.8 Å². The van der Waals surface area contributed by atoms with Gasteiger partial charge >= 0.3 is 0 Å². The molecule has 0 spiro atoms. The Morgan fingerprint density at radius 1 is 1.00 bits per heavy atom. The number of halogens is 2. The molecule has 0 bridgehead atoms. The van der Waals surface area contributed by atoms with E-state index < -0.39 is 0 Å². The lowest BCUT2D eigenvalue weighted by molar-refractivity contribution is 0.103. The number of hydrogen-bond acceptors (Lipinski definition) is 4. The van der Waals surface area contributed by atoms with E-state index in [1.165, 1.54) is 11.1 Å². The highest BCUT2D eigenvalue weighted by Gasteiger charge is 2.23. The van der Waals surface area contributed by atoms with Crippen LogP contribution in [-0.2, 0) is 25.1 Å². The summed E-state index contributed by atoms with van der Waals surface area (Å²) in [6.45, 7) is 6.33. The maximum absolute atomic E-state index is 13.5. The van der Waals surface area contributed by atoms with E-state index in [0.717, 1.165) is 29.1 Å². The number of rotatable bonds is 9. The van der Waals surface area contributed by atoms with Crippen LogP contribution < -0.4 is 0 Å². The molecule has 7 heteroatoms. The summed E-state index contributed by atoms with van der Waals surface area (Å²) >= 11 is 14.1. The minimum atomic E-state index is -0.116. The van der Waals surface area contributed by atoms with Crippen LogP contribution in [0.2, 0.25) is 5.02 Å². The molecule has 0 saturated carbocycles. The maximum Gasteiger partial charge on any atom is 0.197 e. The van der Waals surface area contributed by atoms with Gasteiger partial charge < -0.3 is 0 Å². The number of thiophene rings is 1. The van der Waals surface area contributed by atoms with Crippen LogP contribution >= 0.6 is 34.5 Å². The Morgan fingerprint density at radius 3 is 2.38 bits per heavy atom. The molecule has 176 valence electrons. The van der Waals surface area contributed by atoms with Crippen molar-refractivity contribution in [3.63, 3.8) is 0 Å². The third-order valence-corrected chi connectivity index (χ3v) is 7.42. The van der Waals surface area contributed by atoms with Gasteiger partial charge in [-0.2, -0.15) is 0 Å². The first-order valence-electron chi connectivity index (χ1n) is 11.3. The summed E-state index contributed by atoms with van der Waals surface area (Å²) in [5, 5.41) is 9.59. The van der Waals surface area contributed by atoms with Gasteiger partial charge in [-0.3, -0.25) is 9.36 Å². The van der Waals surface area contributed by atoms with Gasteiger partial charge in [-0.25, -0.2) is 0 Å². The highest BCUT2D eigenvalue weighted by Crippen LogP contribution is 2.33. The molecule has 0 amide bonds. The van der Waals surface area contributed by atoms with Crippen molar-refractivity contribution in [2.45, 2.75) is 45.9 Å². The molecule has 0 aliphatic rings. The van der Waals surface area contributed by atoms with Crippen molar-refractivity contribution in [2.75, 3.05) is 0 Å². The van der Waals surface area contributed by atoms with Crippen molar-refractivity contribution < 1.29 is 4.79 Å². The molecular weight excluding hydrogens is 485 g/mol. The Labute approximate surface area is 214 Å². The summed E-state index contributed by atoms with van der Waals surface area (Å²) in [7, 11) is 0. The number of hydrogen-bond donors (Lipinski definition) is 0. The van der Waals surface area contributed by atoms with Gasteiger partial charge in [0.1, 0.15) is 10.8 Å². The third-order valence-electron chi connectivity index (χ3n) is 5.67. The van der Waals surface area contributed by atoms with Crippen LogP contribution in [-0.4, -0.2) is 20.5 Å². The van der Waals surface area contributed by atoms with Gasteiger partial charge in [0.15, 0.2) is 11.6 Å². The maximum atomic E-state index is 13.5. The lowest BCUT2D eigenvalue weighted by Gasteiger charge is -2.08. The lowest BCUT2D eigenvalue weighted by atomic mass is 10.00. The van der Waals surface area contributed by atoms with Gasteiger partial charge in [-0.1, -0.05) is 61.8 Å². The molecule has 0 unspecified atom stereocenters. The first kappa shape index (κ1) is 24.6. The zero-order valence-electron chi connectivity index (χ0n) is 19.5. The summed E-state index contributed by atoms with van der Waals surface area (Å²) in [5.41, 5.74) is 3.72. The number of benzene rings is 2. The number of alkyl halides is 1. The van der Waals surface area contributed by atoms with Gasteiger partial charge in [0.05, 0.1) is 16.5 Å². The fraction of sp³-hybridized carbons (Fsp3) is 0.296. The molecule has 2 aromatic heterocycles. The Bertz CT molecular complexity index is 1290. The fourth-order valence-corrected chi connectivity index (χ4v) is 5.63. The summed E-state index contributed by atoms with van der Waals surface area (Å²) in [6, 6.07) is 18.0. The van der Waals surface area contributed by atoms with E-state index in [4.69, 9.17) is 23.2 Å². The molecule has 0 aliphatic carbocycles. The number of aryl methyl sites for hydroxylation is 3. The molecule has 0 atom stereocenters. The molecule has 4 rings (SSSR count). The van der Waals surface area contributed by atoms with Crippen molar-refractivity contribution in [1.29, 1.82) is 0 Å². The monoisotopic (exact) mass is 511 g/mol. The Morgan fingerprint density at radius 2 is 1.71 bits per heavy atom. The largest absolute Gasteiger partial charge is 0.288 e. The molecular formula is C27H27Cl2N3OS. The van der Waals surface area contributed by atoms with Gasteiger partial charge in [0.2, 0.25) is 0 Å². The molecule has 0 N–H and O–H groups in total. The Balaban J connectivity index is 1.66. The quantitative estimate of drug-likeness (QED) is 0.175. The predicted molar refractivity (Wildman–Crippen MR) is 141 cm³/mol. The number of aromatic nitrogens is 3. The fourth-order valence-electron chi connectivity index (χ4n) is 4.01. The van der Waals surface area contributed by atoms with Crippen molar-refractivity contribution in [3.05, 3.63) is 98.4 Å². The smallest absolute Gasteiger partial charge is 0.197 e. The minimum Gasteiger partial charge on any atom is -0.288 e. The average Bonchev–Trinajstić information content (AvgIpc) is 3.40. The van der Waals surface area contributed by atoms with Gasteiger partial charge in [-0.15, -0.1) is 33.1 Å². The van der Waals surface area contributed by atoms with Gasteiger partial charge in [-0.05, 0) is 61.4 Å². The summed E-state index contributed by atoms with van der Waals surface area (Å²) in [5.74, 6) is 2.04. The standard InChI is InChI=1S/C27H27Cl2N3OS/c1-17(2)14-20-10-8-19(9-11-20)12-13-21-15-23(26(33)22-6-4-5-7-24(22)29)27(34-21)32-18(3)30-31-25(32)16-28/h4-11,15,17H,12-14,16H2,1-3H3. The zero-order valence-corrected chi connectivity index (χ0v) is 21.8. The normalized spacial score (nSPS) is 11.4. The van der Waals surface area contributed by atoms with Crippen molar-refractivity contribution in [1.82, 2.24) is 14.8 Å². The van der Waals surface area contributed by atoms with E-state index >= 15 is 0 Å². The van der Waals surface area contributed by atoms with E-state index in [-0.39, 0.29) is 11.7 Å². The molecule has 4 nitrogen and oxygen atoms in total. The Kier molecular flexibility index (Phi) is 7.87. The Hall–Kier alpha value is -2.47. The predicted octanol–water partition coefficient (Wildman–Crippen LogP) is 7.24. The van der Waals surface area contributed by atoms with E-state index in [9.17, 15) is 4.79 Å². The minimum absolute atomic E-state index is 0.116. The second-order valence-electron chi connectivity index (χ2n) is 8.79. The number of nitrogens with zero attached hydrogens (tertiary/aromatic N) is 3. The molecule has 2 aromatic carbocycles. The molecule has 0 fully saturated rings. The highest BCUT2D eigenvalue weighted by molar-refractivity contribution is 7.15. The van der Waals surface area contributed by atoms with Crippen LogP contribution in [0.25, 0.3) is 5.00 Å². The van der Waals surface area contributed by atoms with Crippen LogP contribution in [0.3, 0.4) is 0 Å². The van der Waals surface area contributed by atoms with Crippen LogP contribution in [0.15, 0.2) is 54.6 Å². The van der Waals surface area contributed by atoms with E-state index in [0.29, 0.717) is 33.7 Å². The van der Waals surface area contributed by atoms with Crippen LogP contribution in [0.5, 0.6) is 0 Å². The summed E-state index contributed by atoms with van der Waals surface area (Å²) < 4.78 is 1.88. The molecule has 0 aliphatic heterocycles. The lowest BCUT2D eigenvalue weighted by Crippen LogP contribution is -2.08. The third kappa shape index (κ3) is 5.43. The van der Waals surface area contributed by atoms with Gasteiger partial charge in [0.25, 0.3) is 0 Å². The molecule has 0 radical (unpaired) electrons. The average molecular weight is 513 g/mol. The van der Waals surface area contributed by atoms with E-state index in [1.54, 1.807) is 23.5 Å². The SMILES string of the molecule is Cc1nnc(CCl)n1-c1sc(CCc2ccc(CC(C)C)cc2)cc1C(=O)c1ccccc1Cl. The number of carbonyl (C=O) groups is 1. The highest BCUT2D eigenvalue weighted by atomic mass is 35.5. The molecule has 4 aromatic rings. The first-order valence-corrected chi connectivity index (χ1v) is 13.1. The van der Waals surface area contributed by atoms with Crippen molar-refractivity contribution in [3.8, 4) is 5.00 Å². The molecule has 2 heterocycles. The molecule has 0 saturated heterocycles. The molecule has 34 heavy (non-hydrogen) atoms. The van der Waals surface area contributed by atoms with Gasteiger partial charge in [0, 0.05) is 10.4 Å². The number of ketones is 1. The number of carbonyl (C=O) groups excluding carboxylic acids is 1. The second kappa shape index (κ2) is 10.9. The van der Waals surface area contributed by atoms with E-state index in [2.05, 4.69) is 48.3 Å². The van der Waals surface area contributed by atoms with E-state index in [1.807, 2.05) is 29.7 Å². The first-order chi connectivity index (χ1) is 16.4. The summed E-state index contributed by atoms with van der Waals surface area (Å²) in [6.07, 6.45) is 2.81. The van der Waals surface area contributed by atoms with Crippen LogP contribution in [0.4, 0.5) is 0 Å². The van der Waals surface area contributed by atoms with Crippen molar-refractivity contribution >= 4 is 40.3 Å². The zero-order chi connectivity index (χ0) is 24.2. The van der Waals surface area contributed by atoms with Crippen LogP contribution in [0.1, 0.15) is 57.4 Å². The summed E-state index contributed by atoms with van der Waals surface area (Å²) in [4.78, 5) is 14.7. The topological polar surface area (TPSA) is 47.8 Å². The second-order valence-corrected chi connectivity index (χ2v) is 10.6. The van der Waals surface area contributed by atoms with Crippen molar-refractivity contribution in [2.24, 2.45) is 5.92 Å².